The minimum absolute atomic E-state index is 0.0357. The van der Waals surface area contributed by atoms with E-state index in [0.29, 0.717) is 24.4 Å². The molecule has 0 spiro atoms. The van der Waals surface area contributed by atoms with Crippen LogP contribution in [-0.2, 0) is 24.2 Å². The van der Waals surface area contributed by atoms with Crippen molar-refractivity contribution in [3.05, 3.63) is 35.2 Å². The molecule has 0 radical (unpaired) electrons. The van der Waals surface area contributed by atoms with Crippen molar-refractivity contribution in [2.75, 3.05) is 6.54 Å². The van der Waals surface area contributed by atoms with Crippen LogP contribution in [0.5, 0.6) is 5.75 Å². The van der Waals surface area contributed by atoms with Gasteiger partial charge in [0.1, 0.15) is 12.3 Å². The van der Waals surface area contributed by atoms with Crippen LogP contribution in [-0.4, -0.2) is 61.8 Å². The first-order valence-electron chi connectivity index (χ1n) is 7.94. The van der Waals surface area contributed by atoms with Crippen LogP contribution in [0.15, 0.2) is 18.2 Å². The molecule has 1 aromatic carbocycles. The number of rotatable bonds is 6. The van der Waals surface area contributed by atoms with Gasteiger partial charge in [-0.3, -0.25) is 4.79 Å². The zero-order valence-electron chi connectivity index (χ0n) is 13.7. The number of nitrogens with two attached hydrogens (primary N) is 1. The van der Waals surface area contributed by atoms with E-state index in [2.05, 4.69) is 20.8 Å². The molecule has 0 saturated heterocycles. The number of amides is 1. The highest BCUT2D eigenvalue weighted by atomic mass is 16.5. The number of carboxylic acid groups (broad SMARTS) is 1. The van der Waals surface area contributed by atoms with Gasteiger partial charge in [0, 0.05) is 6.42 Å². The quantitative estimate of drug-likeness (QED) is 0.427. The number of para-hydroxylation sites is 1. The Kier molecular flexibility index (Phi) is 5.14. The maximum atomic E-state index is 12.2. The number of carboxylic acids is 1. The third-order valence-corrected chi connectivity index (χ3v) is 3.96. The van der Waals surface area contributed by atoms with Crippen LogP contribution in [0.4, 0.5) is 0 Å². The Morgan fingerprint density at radius 2 is 2.27 bits per heavy atom. The number of tetrazole rings is 1. The van der Waals surface area contributed by atoms with Crippen molar-refractivity contribution in [1.29, 1.82) is 0 Å². The predicted octanol–water partition coefficient (Wildman–Crippen LogP) is -1.99. The van der Waals surface area contributed by atoms with E-state index >= 15 is 0 Å². The van der Waals surface area contributed by atoms with Crippen molar-refractivity contribution in [1.82, 2.24) is 25.5 Å². The first-order valence-corrected chi connectivity index (χ1v) is 7.94. The second kappa shape index (κ2) is 7.50. The summed E-state index contributed by atoms with van der Waals surface area (Å²) in [5.41, 5.74) is 6.02. The smallest absolute Gasteiger partial charge is 0.534 e. The summed E-state index contributed by atoms with van der Waals surface area (Å²) in [6.07, 6.45) is 0.662. The Balaban J connectivity index is 1.69. The van der Waals surface area contributed by atoms with Crippen LogP contribution < -0.4 is 15.7 Å². The number of hydrogen-bond acceptors (Lipinski definition) is 8. The molecule has 0 saturated carbocycles. The molecule has 2 aromatic rings. The number of aromatic carboxylic acids is 1. The highest BCUT2D eigenvalue weighted by molar-refractivity contribution is 6.47. The zero-order chi connectivity index (χ0) is 18.7. The lowest BCUT2D eigenvalue weighted by atomic mass is 9.72. The summed E-state index contributed by atoms with van der Waals surface area (Å²) in [6, 6.07) is 4.67. The van der Waals surface area contributed by atoms with Gasteiger partial charge >= 0.3 is 13.1 Å². The maximum Gasteiger partial charge on any atom is 0.547 e. The summed E-state index contributed by atoms with van der Waals surface area (Å²) in [6.45, 7) is 0.216. The van der Waals surface area contributed by atoms with Gasteiger partial charge < -0.3 is 25.8 Å². The van der Waals surface area contributed by atoms with Crippen LogP contribution in [0.25, 0.3) is 0 Å². The summed E-state index contributed by atoms with van der Waals surface area (Å²) >= 11 is 0. The van der Waals surface area contributed by atoms with Crippen LogP contribution in [0, 0.1) is 0 Å². The number of carbonyl (C=O) groups is 2. The van der Waals surface area contributed by atoms with Crippen molar-refractivity contribution in [3.8, 4) is 5.75 Å². The molecule has 26 heavy (non-hydrogen) atoms. The lowest BCUT2D eigenvalue weighted by Gasteiger charge is -2.28. The number of carbonyl (C=O) groups excluding carboxylic acids is 1. The van der Waals surface area contributed by atoms with Gasteiger partial charge in [-0.1, -0.05) is 12.1 Å². The molecule has 1 aliphatic heterocycles. The first-order chi connectivity index (χ1) is 12.5. The third kappa shape index (κ3) is 3.65. The normalized spacial score (nSPS) is 15.9. The molecule has 0 fully saturated rings. The van der Waals surface area contributed by atoms with E-state index in [1.54, 1.807) is 12.1 Å². The zero-order valence-corrected chi connectivity index (χ0v) is 13.7. The summed E-state index contributed by atoms with van der Waals surface area (Å²) in [7, 11) is -1.37. The fourth-order valence-corrected chi connectivity index (χ4v) is 2.76. The summed E-state index contributed by atoms with van der Waals surface area (Å²) in [5.74, 6) is -1.69. The molecular formula is C14H17BN6O5. The maximum absolute atomic E-state index is 12.2. The number of aromatic nitrogens is 4. The van der Waals surface area contributed by atoms with Crippen LogP contribution in [0.1, 0.15) is 21.7 Å². The predicted molar refractivity (Wildman–Crippen MR) is 88.2 cm³/mol. The number of benzene rings is 1. The molecule has 1 amide bonds. The average molecular weight is 360 g/mol. The molecule has 136 valence electrons. The van der Waals surface area contributed by atoms with Crippen molar-refractivity contribution >= 4 is 19.0 Å². The Hall–Kier alpha value is -2.99. The van der Waals surface area contributed by atoms with Crippen LogP contribution in [0.2, 0.25) is 0 Å². The lowest BCUT2D eigenvalue weighted by Crippen LogP contribution is -2.53. The number of hydrogen-bond donors (Lipinski definition) is 4. The summed E-state index contributed by atoms with van der Waals surface area (Å²) < 4.78 is 6.66. The number of nitrogens with zero attached hydrogens (tertiary/aromatic N) is 4. The number of fused-ring (bicyclic) bond motifs is 1. The highest BCUT2D eigenvalue weighted by Gasteiger charge is 2.37. The molecule has 1 atom stereocenters. The molecule has 12 heteroatoms. The minimum Gasteiger partial charge on any atom is -0.534 e. The molecule has 0 aliphatic carbocycles. The van der Waals surface area contributed by atoms with Gasteiger partial charge in [-0.2, -0.15) is 0 Å². The molecule has 1 aliphatic rings. The van der Waals surface area contributed by atoms with Crippen LogP contribution >= 0.6 is 0 Å². The van der Waals surface area contributed by atoms with E-state index in [0.717, 1.165) is 0 Å². The topological polar surface area (TPSA) is 165 Å². The second-order valence-electron chi connectivity index (χ2n) is 5.78. The van der Waals surface area contributed by atoms with E-state index in [4.69, 9.17) is 10.4 Å². The Labute approximate surface area is 148 Å². The first kappa shape index (κ1) is 17.8. The standard InChI is InChI=1S/C14H17BN6O5/c16-5-4-11-18-19-20-21(11)7-12(22)17-10-6-8-2-1-3-9(14(23)24)13(8)26-15(10)25/h1-3,10,25H,4-7,16H2,(H,17,22)(H,23,24). The van der Waals surface area contributed by atoms with E-state index in [9.17, 15) is 19.7 Å². The molecule has 1 unspecified atom stereocenters. The Morgan fingerprint density at radius 1 is 1.46 bits per heavy atom. The average Bonchev–Trinajstić information content (AvgIpc) is 3.02. The highest BCUT2D eigenvalue weighted by Crippen LogP contribution is 2.30. The summed E-state index contributed by atoms with van der Waals surface area (Å²) in [5, 5.41) is 33.0. The van der Waals surface area contributed by atoms with Gasteiger partial charge in [0.25, 0.3) is 0 Å². The third-order valence-electron chi connectivity index (χ3n) is 3.96. The Morgan fingerprint density at radius 3 is 3.00 bits per heavy atom. The minimum atomic E-state index is -1.37. The van der Waals surface area contributed by atoms with Gasteiger partial charge in [-0.15, -0.1) is 5.10 Å². The van der Waals surface area contributed by atoms with E-state index in [1.165, 1.54) is 10.7 Å². The molecule has 5 N–H and O–H groups in total. The fraction of sp³-hybridized carbons (Fsp3) is 0.357. The largest absolute Gasteiger partial charge is 0.547 e. The molecule has 3 rings (SSSR count). The number of nitrogens with one attached hydrogen (secondary N) is 1. The van der Waals surface area contributed by atoms with Crippen molar-refractivity contribution in [2.45, 2.75) is 25.3 Å². The SMILES string of the molecule is NCCc1nnnn1CC(=O)NC1Cc2cccc(C(=O)O)c2OB1O. The monoisotopic (exact) mass is 360 g/mol. The van der Waals surface area contributed by atoms with Crippen LogP contribution in [0.3, 0.4) is 0 Å². The van der Waals surface area contributed by atoms with Gasteiger partial charge in [-0.25, -0.2) is 9.48 Å². The van der Waals surface area contributed by atoms with Crippen molar-refractivity contribution in [2.24, 2.45) is 5.73 Å². The lowest BCUT2D eigenvalue weighted by molar-refractivity contribution is -0.122. The van der Waals surface area contributed by atoms with Crippen molar-refractivity contribution < 1.29 is 24.4 Å². The van der Waals surface area contributed by atoms with Gasteiger partial charge in [-0.05, 0) is 35.0 Å². The van der Waals surface area contributed by atoms with Gasteiger partial charge in [0.2, 0.25) is 5.91 Å². The molecule has 11 nitrogen and oxygen atoms in total. The molecule has 1 aromatic heterocycles. The fourth-order valence-electron chi connectivity index (χ4n) is 2.76. The van der Waals surface area contributed by atoms with E-state index < -0.39 is 24.9 Å². The molecule has 0 bridgehead atoms. The molecule has 2 heterocycles. The summed E-state index contributed by atoms with van der Waals surface area (Å²) in [4.78, 5) is 23.5. The van der Waals surface area contributed by atoms with Gasteiger partial charge in [0.05, 0.1) is 11.5 Å². The van der Waals surface area contributed by atoms with Crippen molar-refractivity contribution in [3.63, 3.8) is 0 Å². The van der Waals surface area contributed by atoms with Gasteiger partial charge in [0.15, 0.2) is 5.82 Å². The van der Waals surface area contributed by atoms with E-state index in [-0.39, 0.29) is 24.3 Å². The van der Waals surface area contributed by atoms with E-state index in [1.807, 2.05) is 0 Å². The molecular weight excluding hydrogens is 343 g/mol. The Bertz CT molecular complexity index is 828. The second-order valence-corrected chi connectivity index (χ2v) is 5.78.